The number of ether oxygens (including phenoxy) is 1. The summed E-state index contributed by atoms with van der Waals surface area (Å²) in [5.74, 6) is 0.0222. The number of rotatable bonds is 3. The smallest absolute Gasteiger partial charge is 0.123 e. The molecule has 1 unspecified atom stereocenters. The molecule has 0 saturated carbocycles. The summed E-state index contributed by atoms with van der Waals surface area (Å²) in [4.78, 5) is 5.02. The van der Waals surface area contributed by atoms with E-state index in [2.05, 4.69) is 27.0 Å². The third-order valence-corrected chi connectivity index (χ3v) is 8.36. The predicted molar refractivity (Wildman–Crippen MR) is 144 cm³/mol. The van der Waals surface area contributed by atoms with Gasteiger partial charge in [-0.25, -0.2) is 9.07 Å². The van der Waals surface area contributed by atoms with E-state index in [-0.39, 0.29) is 17.8 Å². The standard InChI is InChI=1S/C30H30FN5O2/c1-16-27(35(4)34-33-16)23-15-32-26-21-7-5-18(30(2,3)37)13-24(21)36-28(17-9-11-38-12-10-17)22-14-19(31)6-8-20(22)25(23)29(26)36/h5-8,13-15,17,28,37H,9-12H2,1-4H3. The maximum atomic E-state index is 15.0. The van der Waals surface area contributed by atoms with Crippen LogP contribution < -0.4 is 0 Å². The number of aromatic nitrogens is 5. The third kappa shape index (κ3) is 3.29. The Kier molecular flexibility index (Phi) is 5.06. The highest BCUT2D eigenvalue weighted by Gasteiger charge is 2.38. The maximum absolute atomic E-state index is 15.0. The summed E-state index contributed by atoms with van der Waals surface area (Å²) in [6, 6.07) is 11.2. The number of hydrogen-bond acceptors (Lipinski definition) is 5. The second kappa shape index (κ2) is 8.19. The van der Waals surface area contributed by atoms with Gasteiger partial charge in [0, 0.05) is 43.0 Å². The van der Waals surface area contributed by atoms with Crippen molar-refractivity contribution in [3.8, 4) is 22.4 Å². The van der Waals surface area contributed by atoms with Gasteiger partial charge in [0.2, 0.25) is 0 Å². The highest BCUT2D eigenvalue weighted by atomic mass is 19.1. The molecular formula is C30H30FN5O2. The van der Waals surface area contributed by atoms with Crippen molar-refractivity contribution in [2.45, 2.75) is 45.3 Å². The Hall–Kier alpha value is -3.62. The lowest BCUT2D eigenvalue weighted by molar-refractivity contribution is 0.0551. The van der Waals surface area contributed by atoms with Gasteiger partial charge in [-0.15, -0.1) is 5.10 Å². The average Bonchev–Trinajstić information content (AvgIpc) is 3.41. The molecule has 1 saturated heterocycles. The van der Waals surface area contributed by atoms with E-state index >= 15 is 0 Å². The first-order valence-corrected chi connectivity index (χ1v) is 13.2. The number of aliphatic hydroxyl groups is 1. The van der Waals surface area contributed by atoms with E-state index in [0.29, 0.717) is 13.2 Å². The molecule has 0 aliphatic carbocycles. The quantitative estimate of drug-likeness (QED) is 0.338. The van der Waals surface area contributed by atoms with Crippen LogP contribution in [0.25, 0.3) is 44.3 Å². The monoisotopic (exact) mass is 511 g/mol. The largest absolute Gasteiger partial charge is 0.386 e. The van der Waals surface area contributed by atoms with Crippen molar-refractivity contribution >= 4 is 21.9 Å². The summed E-state index contributed by atoms with van der Waals surface area (Å²) >= 11 is 0. The van der Waals surface area contributed by atoms with E-state index in [9.17, 15) is 9.50 Å². The van der Waals surface area contributed by atoms with Crippen LogP contribution in [0.1, 0.15) is 49.6 Å². The first-order chi connectivity index (χ1) is 18.2. The van der Waals surface area contributed by atoms with Gasteiger partial charge >= 0.3 is 0 Å². The summed E-state index contributed by atoms with van der Waals surface area (Å²) < 4.78 is 24.8. The Morgan fingerprint density at radius 1 is 1.08 bits per heavy atom. The molecule has 2 aliphatic rings. The van der Waals surface area contributed by atoms with E-state index < -0.39 is 5.60 Å². The molecule has 7 nitrogen and oxygen atoms in total. The number of aryl methyl sites for hydroxylation is 2. The molecule has 2 aromatic carbocycles. The maximum Gasteiger partial charge on any atom is 0.123 e. The van der Waals surface area contributed by atoms with Crippen LogP contribution in [0.3, 0.4) is 0 Å². The van der Waals surface area contributed by atoms with Gasteiger partial charge in [0.15, 0.2) is 0 Å². The van der Waals surface area contributed by atoms with Crippen LogP contribution in [-0.2, 0) is 17.4 Å². The lowest BCUT2D eigenvalue weighted by atomic mass is 9.80. The third-order valence-electron chi connectivity index (χ3n) is 8.36. The molecule has 5 aromatic rings. The zero-order chi connectivity index (χ0) is 26.3. The molecule has 0 radical (unpaired) electrons. The molecular weight excluding hydrogens is 481 g/mol. The molecule has 1 fully saturated rings. The van der Waals surface area contributed by atoms with Gasteiger partial charge < -0.3 is 14.4 Å². The Morgan fingerprint density at radius 2 is 1.87 bits per heavy atom. The van der Waals surface area contributed by atoms with Gasteiger partial charge in [-0.2, -0.15) is 0 Å². The molecule has 0 spiro atoms. The Morgan fingerprint density at radius 3 is 2.58 bits per heavy atom. The SMILES string of the molecule is Cc1nnn(C)c1-c1cnc2c3ccc(C(C)(C)O)cc3n3c2c1-c1ccc(F)cc1C3C1CCOCC1. The van der Waals surface area contributed by atoms with Crippen LogP contribution in [0.5, 0.6) is 0 Å². The van der Waals surface area contributed by atoms with Crippen molar-refractivity contribution in [1.82, 2.24) is 24.5 Å². The minimum Gasteiger partial charge on any atom is -0.386 e. The number of benzene rings is 2. The fraction of sp³-hybridized carbons (Fsp3) is 0.367. The van der Waals surface area contributed by atoms with Gasteiger partial charge in [0.25, 0.3) is 0 Å². The summed E-state index contributed by atoms with van der Waals surface area (Å²) in [5, 5.41) is 20.5. The van der Waals surface area contributed by atoms with Gasteiger partial charge in [-0.05, 0) is 74.4 Å². The zero-order valence-electron chi connectivity index (χ0n) is 22.0. The van der Waals surface area contributed by atoms with Crippen LogP contribution >= 0.6 is 0 Å². The van der Waals surface area contributed by atoms with Crippen LogP contribution in [-0.4, -0.2) is 42.9 Å². The number of halogens is 1. The molecule has 3 aromatic heterocycles. The van der Waals surface area contributed by atoms with Crippen LogP contribution in [0.4, 0.5) is 4.39 Å². The zero-order valence-corrected chi connectivity index (χ0v) is 22.0. The number of pyridine rings is 1. The predicted octanol–water partition coefficient (Wildman–Crippen LogP) is 5.66. The fourth-order valence-electron chi connectivity index (χ4n) is 6.58. The first-order valence-electron chi connectivity index (χ1n) is 13.2. The second-order valence-electron chi connectivity index (χ2n) is 11.2. The summed E-state index contributed by atoms with van der Waals surface area (Å²) in [7, 11) is 1.89. The van der Waals surface area contributed by atoms with Crippen molar-refractivity contribution < 1.29 is 14.2 Å². The molecule has 0 amide bonds. The lowest BCUT2D eigenvalue weighted by Crippen LogP contribution is -2.29. The number of fused-ring (bicyclic) bond motifs is 5. The normalized spacial score (nSPS) is 17.9. The van der Waals surface area contributed by atoms with E-state index in [1.54, 1.807) is 30.7 Å². The minimum absolute atomic E-state index is 0.0861. The minimum atomic E-state index is -1.00. The average molecular weight is 512 g/mol. The first kappa shape index (κ1) is 23.5. The molecule has 0 bridgehead atoms. The Balaban J connectivity index is 1.67. The highest BCUT2D eigenvalue weighted by Crippen LogP contribution is 2.52. The number of nitrogens with zero attached hydrogens (tertiary/aromatic N) is 5. The van der Waals surface area contributed by atoms with Crippen LogP contribution in [0.2, 0.25) is 0 Å². The molecule has 2 aliphatic heterocycles. The molecule has 194 valence electrons. The highest BCUT2D eigenvalue weighted by molar-refractivity contribution is 6.14. The van der Waals surface area contributed by atoms with E-state index in [0.717, 1.165) is 74.0 Å². The van der Waals surface area contributed by atoms with Crippen molar-refractivity contribution in [3.05, 3.63) is 65.2 Å². The fourth-order valence-corrected chi connectivity index (χ4v) is 6.58. The second-order valence-corrected chi connectivity index (χ2v) is 11.2. The summed E-state index contributed by atoms with van der Waals surface area (Å²) in [6.45, 7) is 6.92. The van der Waals surface area contributed by atoms with E-state index in [1.165, 1.54) is 0 Å². The molecule has 5 heterocycles. The van der Waals surface area contributed by atoms with Crippen LogP contribution in [0, 0.1) is 18.7 Å². The van der Waals surface area contributed by atoms with E-state index in [1.807, 2.05) is 32.3 Å². The van der Waals surface area contributed by atoms with Crippen molar-refractivity contribution in [2.75, 3.05) is 13.2 Å². The summed E-state index contributed by atoms with van der Waals surface area (Å²) in [5.41, 5.74) is 8.38. The summed E-state index contributed by atoms with van der Waals surface area (Å²) in [6.07, 6.45) is 3.68. The van der Waals surface area contributed by atoms with E-state index in [4.69, 9.17) is 9.72 Å². The van der Waals surface area contributed by atoms with Crippen molar-refractivity contribution in [1.29, 1.82) is 0 Å². The van der Waals surface area contributed by atoms with Gasteiger partial charge in [-0.3, -0.25) is 4.98 Å². The number of hydrogen-bond donors (Lipinski definition) is 1. The van der Waals surface area contributed by atoms with Gasteiger partial charge in [0.05, 0.1) is 39.6 Å². The van der Waals surface area contributed by atoms with Gasteiger partial charge in [0.1, 0.15) is 5.82 Å². The van der Waals surface area contributed by atoms with Gasteiger partial charge in [-0.1, -0.05) is 23.4 Å². The molecule has 38 heavy (non-hydrogen) atoms. The molecule has 8 heteroatoms. The van der Waals surface area contributed by atoms with Crippen molar-refractivity contribution in [3.63, 3.8) is 0 Å². The Labute approximate surface area is 219 Å². The lowest BCUT2D eigenvalue weighted by Gasteiger charge is -2.37. The van der Waals surface area contributed by atoms with Crippen molar-refractivity contribution in [2.24, 2.45) is 13.0 Å². The molecule has 1 atom stereocenters. The molecule has 1 N–H and O–H groups in total. The topological polar surface area (TPSA) is 78.0 Å². The molecule has 7 rings (SSSR count). The van der Waals surface area contributed by atoms with Crippen LogP contribution in [0.15, 0.2) is 42.6 Å². The Bertz CT molecular complexity index is 1720.